The average Bonchev–Trinajstić information content (AvgIpc) is 3.34. The Morgan fingerprint density at radius 1 is 1.10 bits per heavy atom. The Kier molecular flexibility index (Phi) is 6.36. The molecule has 1 aliphatic heterocycles. The molecule has 1 aromatic carbocycles. The number of aromatic nitrogens is 1. The van der Waals surface area contributed by atoms with Gasteiger partial charge in [0.25, 0.3) is 5.91 Å². The minimum absolute atomic E-state index is 0.105. The SMILES string of the molecule is COC(=O)C(CC=Cc1cccc2c1C(=Cc1[nH]ccc1OC)C(=O)N2)C(=O)OC. The maximum absolute atomic E-state index is 12.6. The molecule has 1 aromatic heterocycles. The second-order valence-electron chi connectivity index (χ2n) is 6.48. The smallest absolute Gasteiger partial charge is 0.320 e. The zero-order valence-corrected chi connectivity index (χ0v) is 16.9. The minimum atomic E-state index is -1.05. The summed E-state index contributed by atoms with van der Waals surface area (Å²) in [6.45, 7) is 0. The molecule has 0 saturated carbocycles. The minimum Gasteiger partial charge on any atom is -0.495 e. The molecule has 0 saturated heterocycles. The molecule has 0 atom stereocenters. The van der Waals surface area contributed by atoms with Crippen LogP contribution < -0.4 is 10.1 Å². The van der Waals surface area contributed by atoms with Crippen LogP contribution in [0.25, 0.3) is 17.7 Å². The quantitative estimate of drug-likeness (QED) is 0.413. The molecule has 0 bridgehead atoms. The Bertz CT molecular complexity index is 1020. The molecule has 0 radical (unpaired) electrons. The largest absolute Gasteiger partial charge is 0.495 e. The highest BCUT2D eigenvalue weighted by Crippen LogP contribution is 2.37. The number of methoxy groups -OCH3 is 3. The van der Waals surface area contributed by atoms with E-state index in [0.717, 1.165) is 11.1 Å². The number of aromatic amines is 1. The zero-order valence-electron chi connectivity index (χ0n) is 16.9. The first-order valence-electron chi connectivity index (χ1n) is 9.20. The molecule has 156 valence electrons. The van der Waals surface area contributed by atoms with Gasteiger partial charge < -0.3 is 24.5 Å². The summed E-state index contributed by atoms with van der Waals surface area (Å²) in [7, 11) is 3.99. The summed E-state index contributed by atoms with van der Waals surface area (Å²) in [5.74, 6) is -1.99. The molecule has 1 amide bonds. The molecule has 2 aromatic rings. The molecule has 2 heterocycles. The van der Waals surface area contributed by atoms with Crippen LogP contribution in [0.15, 0.2) is 36.5 Å². The van der Waals surface area contributed by atoms with Crippen molar-refractivity contribution in [3.05, 3.63) is 53.4 Å². The van der Waals surface area contributed by atoms with Gasteiger partial charge in [-0.15, -0.1) is 0 Å². The molecule has 8 heteroatoms. The van der Waals surface area contributed by atoms with E-state index in [1.54, 1.807) is 37.6 Å². The summed E-state index contributed by atoms with van der Waals surface area (Å²) >= 11 is 0. The molecule has 1 aliphatic rings. The number of amides is 1. The van der Waals surface area contributed by atoms with Gasteiger partial charge in [-0.3, -0.25) is 14.4 Å². The predicted octanol–water partition coefficient (Wildman–Crippen LogP) is 2.88. The predicted molar refractivity (Wildman–Crippen MR) is 111 cm³/mol. The van der Waals surface area contributed by atoms with Gasteiger partial charge >= 0.3 is 11.9 Å². The van der Waals surface area contributed by atoms with E-state index in [4.69, 9.17) is 4.74 Å². The van der Waals surface area contributed by atoms with E-state index in [0.29, 0.717) is 22.7 Å². The van der Waals surface area contributed by atoms with Gasteiger partial charge in [0, 0.05) is 17.4 Å². The number of hydrogen-bond acceptors (Lipinski definition) is 6. The Morgan fingerprint density at radius 2 is 1.83 bits per heavy atom. The Balaban J connectivity index is 1.93. The first-order chi connectivity index (χ1) is 14.5. The van der Waals surface area contributed by atoms with Gasteiger partial charge in [0.15, 0.2) is 5.92 Å². The van der Waals surface area contributed by atoms with Crippen molar-refractivity contribution < 1.29 is 28.6 Å². The second kappa shape index (κ2) is 9.13. The molecule has 8 nitrogen and oxygen atoms in total. The van der Waals surface area contributed by atoms with E-state index in [1.807, 2.05) is 18.2 Å². The standard InChI is InChI=1S/C22H22N2O6/c1-28-18-10-11-23-17(18)12-15-19-13(7-5-9-16(19)24-20(15)25)6-4-8-14(21(26)29-2)22(27)30-3/h4-7,9-12,14,23H,8H2,1-3H3,(H,24,25). The second-order valence-corrected chi connectivity index (χ2v) is 6.48. The van der Waals surface area contributed by atoms with Crippen molar-refractivity contribution in [1.29, 1.82) is 0 Å². The van der Waals surface area contributed by atoms with Gasteiger partial charge in [0.2, 0.25) is 0 Å². The van der Waals surface area contributed by atoms with Crippen molar-refractivity contribution in [3.8, 4) is 5.75 Å². The maximum atomic E-state index is 12.6. The molecule has 0 unspecified atom stereocenters. The number of benzene rings is 1. The third-order valence-electron chi connectivity index (χ3n) is 4.75. The summed E-state index contributed by atoms with van der Waals surface area (Å²) in [6, 6.07) is 7.24. The lowest BCUT2D eigenvalue weighted by Gasteiger charge is -2.10. The van der Waals surface area contributed by atoms with Crippen molar-refractivity contribution in [2.75, 3.05) is 26.6 Å². The van der Waals surface area contributed by atoms with Gasteiger partial charge in [-0.05, 0) is 30.2 Å². The average molecular weight is 410 g/mol. The number of allylic oxidation sites excluding steroid dienone is 1. The lowest BCUT2D eigenvalue weighted by molar-refractivity contribution is -0.158. The van der Waals surface area contributed by atoms with Gasteiger partial charge in [-0.25, -0.2) is 0 Å². The number of rotatable bonds is 7. The van der Waals surface area contributed by atoms with Crippen LogP contribution in [-0.2, 0) is 23.9 Å². The number of carbonyl (C=O) groups is 3. The van der Waals surface area contributed by atoms with Crippen molar-refractivity contribution in [2.45, 2.75) is 6.42 Å². The summed E-state index contributed by atoms with van der Waals surface area (Å²) in [6.07, 6.45) is 7.00. The third kappa shape index (κ3) is 4.12. The first kappa shape index (κ1) is 20.9. The maximum Gasteiger partial charge on any atom is 0.320 e. The Labute approximate surface area is 173 Å². The fourth-order valence-electron chi connectivity index (χ4n) is 3.26. The Hall–Kier alpha value is -3.81. The highest BCUT2D eigenvalue weighted by atomic mass is 16.5. The lowest BCUT2D eigenvalue weighted by atomic mass is 9.98. The van der Waals surface area contributed by atoms with Gasteiger partial charge in [-0.1, -0.05) is 24.3 Å². The van der Waals surface area contributed by atoms with Crippen LogP contribution in [0.5, 0.6) is 5.75 Å². The van der Waals surface area contributed by atoms with Crippen LogP contribution >= 0.6 is 0 Å². The zero-order chi connectivity index (χ0) is 21.7. The van der Waals surface area contributed by atoms with Gasteiger partial charge in [0.05, 0.1) is 32.6 Å². The van der Waals surface area contributed by atoms with Crippen molar-refractivity contribution in [1.82, 2.24) is 4.98 Å². The van der Waals surface area contributed by atoms with Crippen LogP contribution in [0.3, 0.4) is 0 Å². The topological polar surface area (TPSA) is 107 Å². The Morgan fingerprint density at radius 3 is 2.50 bits per heavy atom. The monoisotopic (exact) mass is 410 g/mol. The van der Waals surface area contributed by atoms with Crippen molar-refractivity contribution in [2.24, 2.45) is 5.92 Å². The molecule has 0 spiro atoms. The normalized spacial score (nSPS) is 14.1. The molecule has 3 rings (SSSR count). The fourth-order valence-corrected chi connectivity index (χ4v) is 3.26. The number of nitrogens with one attached hydrogen (secondary N) is 2. The number of anilines is 1. The summed E-state index contributed by atoms with van der Waals surface area (Å²) < 4.78 is 14.6. The van der Waals surface area contributed by atoms with Crippen LogP contribution in [0.4, 0.5) is 5.69 Å². The van der Waals surface area contributed by atoms with Crippen molar-refractivity contribution in [3.63, 3.8) is 0 Å². The molecule has 2 N–H and O–H groups in total. The van der Waals surface area contributed by atoms with Crippen LogP contribution in [-0.4, -0.2) is 44.2 Å². The molecular formula is C22H22N2O6. The number of ether oxygens (including phenoxy) is 3. The number of hydrogen-bond donors (Lipinski definition) is 2. The highest BCUT2D eigenvalue weighted by Gasteiger charge is 2.28. The van der Waals surface area contributed by atoms with Gasteiger partial charge in [-0.2, -0.15) is 0 Å². The lowest BCUT2D eigenvalue weighted by Crippen LogP contribution is -2.25. The van der Waals surface area contributed by atoms with E-state index >= 15 is 0 Å². The number of carbonyl (C=O) groups excluding carboxylic acids is 3. The fraction of sp³-hybridized carbons (Fsp3) is 0.227. The van der Waals surface area contributed by atoms with Crippen LogP contribution in [0, 0.1) is 5.92 Å². The number of H-pyrrole nitrogens is 1. The van der Waals surface area contributed by atoms with E-state index in [1.165, 1.54) is 14.2 Å². The molecular weight excluding hydrogens is 388 g/mol. The number of esters is 2. The van der Waals surface area contributed by atoms with Crippen molar-refractivity contribution >= 4 is 41.3 Å². The van der Waals surface area contributed by atoms with Gasteiger partial charge in [0.1, 0.15) is 5.75 Å². The van der Waals surface area contributed by atoms with E-state index in [9.17, 15) is 14.4 Å². The first-order valence-corrected chi connectivity index (χ1v) is 9.20. The molecule has 0 fully saturated rings. The van der Waals surface area contributed by atoms with Crippen LogP contribution in [0.2, 0.25) is 0 Å². The van der Waals surface area contributed by atoms with E-state index in [-0.39, 0.29) is 12.3 Å². The molecule has 0 aliphatic carbocycles. The molecule has 30 heavy (non-hydrogen) atoms. The van der Waals surface area contributed by atoms with E-state index < -0.39 is 17.9 Å². The van der Waals surface area contributed by atoms with Crippen LogP contribution in [0.1, 0.15) is 23.2 Å². The van der Waals surface area contributed by atoms with E-state index in [2.05, 4.69) is 19.8 Å². The summed E-state index contributed by atoms with van der Waals surface area (Å²) in [4.78, 5) is 39.3. The summed E-state index contributed by atoms with van der Waals surface area (Å²) in [5.41, 5.74) is 3.31. The summed E-state index contributed by atoms with van der Waals surface area (Å²) in [5, 5.41) is 2.85. The highest BCUT2D eigenvalue weighted by molar-refractivity contribution is 6.35. The number of fused-ring (bicyclic) bond motifs is 1. The third-order valence-corrected chi connectivity index (χ3v) is 4.75.